The molecule has 0 radical (unpaired) electrons. The summed E-state index contributed by atoms with van der Waals surface area (Å²) >= 11 is 5.97. The number of rotatable bonds is 3. The topological polar surface area (TPSA) is 12.0 Å². The molecule has 0 aromatic heterocycles. The molecule has 0 fully saturated rings. The van der Waals surface area contributed by atoms with E-state index < -0.39 is 0 Å². The minimum absolute atomic E-state index is 0.793. The highest BCUT2D eigenvalue weighted by molar-refractivity contribution is 6.31. The van der Waals surface area contributed by atoms with Crippen LogP contribution in [-0.2, 0) is 0 Å². The molecule has 0 saturated heterocycles. The fourth-order valence-corrected chi connectivity index (χ4v) is 1.22. The Balaban J connectivity index is 2.77. The van der Waals surface area contributed by atoms with Crippen LogP contribution in [0.4, 0.5) is 5.69 Å². The largest absolute Gasteiger partial charge is 0.381 e. The van der Waals surface area contributed by atoms with Gasteiger partial charge in [0.2, 0.25) is 0 Å². The molecule has 0 bridgehead atoms. The Hall–Kier alpha value is -0.950. The van der Waals surface area contributed by atoms with Crippen LogP contribution in [0.2, 0.25) is 5.02 Å². The van der Waals surface area contributed by atoms with Gasteiger partial charge in [-0.25, -0.2) is 0 Å². The molecule has 1 aromatic carbocycles. The second kappa shape index (κ2) is 4.33. The van der Waals surface area contributed by atoms with E-state index in [1.165, 1.54) is 0 Å². The van der Waals surface area contributed by atoms with Crippen molar-refractivity contribution in [1.29, 1.82) is 0 Å². The van der Waals surface area contributed by atoms with Crippen molar-refractivity contribution >= 4 is 17.3 Å². The van der Waals surface area contributed by atoms with Crippen molar-refractivity contribution in [2.45, 2.75) is 13.8 Å². The van der Waals surface area contributed by atoms with E-state index in [2.05, 4.69) is 11.9 Å². The Labute approximate surface area is 84.4 Å². The molecule has 13 heavy (non-hydrogen) atoms. The van der Waals surface area contributed by atoms with Crippen LogP contribution in [0.25, 0.3) is 0 Å². The number of nitrogens with one attached hydrogen (secondary N) is 1. The molecule has 1 rings (SSSR count). The van der Waals surface area contributed by atoms with Gasteiger partial charge in [-0.15, -0.1) is 0 Å². The van der Waals surface area contributed by atoms with Crippen molar-refractivity contribution in [1.82, 2.24) is 0 Å². The second-order valence-electron chi connectivity index (χ2n) is 3.22. The average molecular weight is 196 g/mol. The summed E-state index contributed by atoms with van der Waals surface area (Å²) in [5.74, 6) is 0. The van der Waals surface area contributed by atoms with Gasteiger partial charge in [-0.1, -0.05) is 29.8 Å². The molecule has 0 unspecified atom stereocenters. The molecule has 70 valence electrons. The molecule has 0 amide bonds. The molecule has 1 aromatic rings. The molecular formula is C11H14ClN. The van der Waals surface area contributed by atoms with E-state index in [9.17, 15) is 0 Å². The molecule has 0 saturated carbocycles. The van der Waals surface area contributed by atoms with Crippen LogP contribution < -0.4 is 5.32 Å². The van der Waals surface area contributed by atoms with E-state index in [-0.39, 0.29) is 0 Å². The third-order valence-electron chi connectivity index (χ3n) is 1.85. The fourth-order valence-electron chi connectivity index (χ4n) is 1.05. The van der Waals surface area contributed by atoms with Gasteiger partial charge in [-0.3, -0.25) is 0 Å². The van der Waals surface area contributed by atoms with Gasteiger partial charge in [0.1, 0.15) is 0 Å². The molecule has 0 aliphatic rings. The Morgan fingerprint density at radius 2 is 2.23 bits per heavy atom. The zero-order chi connectivity index (χ0) is 9.84. The number of hydrogen-bond donors (Lipinski definition) is 1. The van der Waals surface area contributed by atoms with E-state index >= 15 is 0 Å². The maximum absolute atomic E-state index is 5.97. The van der Waals surface area contributed by atoms with Crippen LogP contribution in [0, 0.1) is 6.92 Å². The van der Waals surface area contributed by atoms with Gasteiger partial charge in [0.25, 0.3) is 0 Å². The summed E-state index contributed by atoms with van der Waals surface area (Å²) < 4.78 is 0. The predicted octanol–water partition coefficient (Wildman–Crippen LogP) is 3.64. The first kappa shape index (κ1) is 10.1. The van der Waals surface area contributed by atoms with Gasteiger partial charge in [0.05, 0.1) is 0 Å². The lowest BCUT2D eigenvalue weighted by Gasteiger charge is -2.09. The Morgan fingerprint density at radius 1 is 1.54 bits per heavy atom. The maximum atomic E-state index is 5.97. The maximum Gasteiger partial charge on any atom is 0.0455 e. The van der Waals surface area contributed by atoms with E-state index in [4.69, 9.17) is 11.6 Å². The highest BCUT2D eigenvalue weighted by atomic mass is 35.5. The van der Waals surface area contributed by atoms with Crippen LogP contribution in [0.3, 0.4) is 0 Å². The first-order valence-corrected chi connectivity index (χ1v) is 4.62. The van der Waals surface area contributed by atoms with Gasteiger partial charge in [0, 0.05) is 17.3 Å². The van der Waals surface area contributed by atoms with Crippen molar-refractivity contribution in [2.24, 2.45) is 0 Å². The van der Waals surface area contributed by atoms with E-state index in [1.54, 1.807) is 0 Å². The molecule has 0 aliphatic heterocycles. The van der Waals surface area contributed by atoms with E-state index in [1.807, 2.05) is 32.0 Å². The Morgan fingerprint density at radius 3 is 2.85 bits per heavy atom. The third-order valence-corrected chi connectivity index (χ3v) is 2.26. The summed E-state index contributed by atoms with van der Waals surface area (Å²) in [5.41, 5.74) is 3.28. The van der Waals surface area contributed by atoms with Gasteiger partial charge >= 0.3 is 0 Å². The van der Waals surface area contributed by atoms with Gasteiger partial charge < -0.3 is 5.32 Å². The summed E-state index contributed by atoms with van der Waals surface area (Å²) in [7, 11) is 0. The Bertz CT molecular complexity index is 318. The van der Waals surface area contributed by atoms with Crippen LogP contribution in [0.1, 0.15) is 12.5 Å². The van der Waals surface area contributed by atoms with Gasteiger partial charge in [0.15, 0.2) is 0 Å². The lowest BCUT2D eigenvalue weighted by atomic mass is 10.2. The molecule has 2 heteroatoms. The molecule has 1 N–H and O–H groups in total. The predicted molar refractivity (Wildman–Crippen MR) is 59.5 cm³/mol. The molecule has 0 spiro atoms. The van der Waals surface area contributed by atoms with Gasteiger partial charge in [-0.2, -0.15) is 0 Å². The first-order valence-electron chi connectivity index (χ1n) is 4.24. The molecule has 0 atom stereocenters. The molecule has 1 nitrogen and oxygen atoms in total. The molecule has 0 aliphatic carbocycles. The van der Waals surface area contributed by atoms with Gasteiger partial charge in [-0.05, 0) is 31.5 Å². The van der Waals surface area contributed by atoms with Crippen molar-refractivity contribution in [2.75, 3.05) is 11.9 Å². The second-order valence-corrected chi connectivity index (χ2v) is 3.63. The highest BCUT2D eigenvalue weighted by Crippen LogP contribution is 2.22. The van der Waals surface area contributed by atoms with E-state index in [0.29, 0.717) is 0 Å². The summed E-state index contributed by atoms with van der Waals surface area (Å²) in [6, 6.07) is 5.85. The number of benzene rings is 1. The number of hydrogen-bond acceptors (Lipinski definition) is 1. The highest BCUT2D eigenvalue weighted by Gasteiger charge is 2.00. The van der Waals surface area contributed by atoms with Crippen molar-refractivity contribution < 1.29 is 0 Å². The molecular weight excluding hydrogens is 182 g/mol. The summed E-state index contributed by atoms with van der Waals surface area (Å²) in [6.45, 7) is 8.62. The zero-order valence-electron chi connectivity index (χ0n) is 8.02. The Kier molecular flexibility index (Phi) is 3.38. The lowest BCUT2D eigenvalue weighted by molar-refractivity contribution is 1.20. The smallest absolute Gasteiger partial charge is 0.0455 e. The van der Waals surface area contributed by atoms with Crippen LogP contribution in [0.15, 0.2) is 30.4 Å². The third kappa shape index (κ3) is 2.78. The zero-order valence-corrected chi connectivity index (χ0v) is 8.78. The SMILES string of the molecule is C=C(C)CNc1cccc(Cl)c1C. The van der Waals surface area contributed by atoms with E-state index in [0.717, 1.165) is 28.4 Å². The summed E-state index contributed by atoms with van der Waals surface area (Å²) in [4.78, 5) is 0. The number of halogens is 1. The fraction of sp³-hybridized carbons (Fsp3) is 0.273. The first-order chi connectivity index (χ1) is 6.11. The number of anilines is 1. The molecule has 0 heterocycles. The summed E-state index contributed by atoms with van der Waals surface area (Å²) in [5, 5.41) is 4.07. The minimum Gasteiger partial charge on any atom is -0.381 e. The standard InChI is InChI=1S/C11H14ClN/c1-8(2)7-13-11-6-4-5-10(12)9(11)3/h4-6,13H,1,7H2,2-3H3. The van der Waals surface area contributed by atoms with Crippen LogP contribution >= 0.6 is 11.6 Å². The quantitative estimate of drug-likeness (QED) is 0.727. The lowest BCUT2D eigenvalue weighted by Crippen LogP contribution is -2.03. The van der Waals surface area contributed by atoms with Crippen molar-refractivity contribution in [3.63, 3.8) is 0 Å². The monoisotopic (exact) mass is 195 g/mol. The average Bonchev–Trinajstić information content (AvgIpc) is 2.07. The van der Waals surface area contributed by atoms with Crippen molar-refractivity contribution in [3.05, 3.63) is 40.9 Å². The van der Waals surface area contributed by atoms with Crippen molar-refractivity contribution in [3.8, 4) is 0 Å². The van der Waals surface area contributed by atoms with Crippen LogP contribution in [-0.4, -0.2) is 6.54 Å². The van der Waals surface area contributed by atoms with Crippen LogP contribution in [0.5, 0.6) is 0 Å². The normalized spacial score (nSPS) is 9.77. The minimum atomic E-state index is 0.793. The summed E-state index contributed by atoms with van der Waals surface area (Å²) in [6.07, 6.45) is 0.